The lowest BCUT2D eigenvalue weighted by Gasteiger charge is -2.04. The lowest BCUT2D eigenvalue weighted by Crippen LogP contribution is -1.88. The zero-order valence-corrected chi connectivity index (χ0v) is 12.1. The van der Waals surface area contributed by atoms with E-state index >= 15 is 0 Å². The van der Waals surface area contributed by atoms with Crippen LogP contribution in [0.15, 0.2) is 42.5 Å². The van der Waals surface area contributed by atoms with Crippen LogP contribution in [0.25, 0.3) is 22.2 Å². The van der Waals surface area contributed by atoms with Gasteiger partial charge in [-0.3, -0.25) is 0 Å². The van der Waals surface area contributed by atoms with Crippen LogP contribution >= 0.6 is 0 Å². The molecule has 0 bridgehead atoms. The third-order valence-corrected chi connectivity index (χ3v) is 3.55. The zero-order chi connectivity index (χ0) is 14.1. The van der Waals surface area contributed by atoms with E-state index in [0.717, 1.165) is 22.5 Å². The number of rotatable bonds is 3. The first-order valence-electron chi connectivity index (χ1n) is 6.95. The summed E-state index contributed by atoms with van der Waals surface area (Å²) in [6.07, 6.45) is 0. The molecule has 0 aliphatic heterocycles. The predicted octanol–water partition coefficient (Wildman–Crippen LogP) is 4.40. The molecular weight excluding hydrogens is 246 g/mol. The van der Waals surface area contributed by atoms with Crippen molar-refractivity contribution in [2.75, 3.05) is 12.4 Å². The highest BCUT2D eigenvalue weighted by Crippen LogP contribution is 2.25. The number of anilines is 1. The van der Waals surface area contributed by atoms with Gasteiger partial charge in [0.15, 0.2) is 0 Å². The van der Waals surface area contributed by atoms with Crippen LogP contribution in [0.4, 0.5) is 5.69 Å². The van der Waals surface area contributed by atoms with Gasteiger partial charge in [-0.05, 0) is 35.4 Å². The third kappa shape index (κ3) is 2.27. The summed E-state index contributed by atoms with van der Waals surface area (Å²) >= 11 is 0. The van der Waals surface area contributed by atoms with Crippen LogP contribution < -0.4 is 5.32 Å². The topological polar surface area (TPSA) is 40.7 Å². The van der Waals surface area contributed by atoms with Crippen LogP contribution in [0.5, 0.6) is 0 Å². The molecule has 3 aromatic rings. The minimum atomic E-state index is 0.417. The second kappa shape index (κ2) is 5.00. The molecular formula is C17H19N3. The van der Waals surface area contributed by atoms with Crippen molar-refractivity contribution in [3.8, 4) is 11.1 Å². The van der Waals surface area contributed by atoms with Gasteiger partial charge in [-0.1, -0.05) is 32.0 Å². The quantitative estimate of drug-likeness (QED) is 0.737. The first kappa shape index (κ1) is 12.7. The largest absolute Gasteiger partial charge is 0.388 e. The fourth-order valence-electron chi connectivity index (χ4n) is 2.31. The summed E-state index contributed by atoms with van der Waals surface area (Å²) < 4.78 is 0. The van der Waals surface area contributed by atoms with Crippen LogP contribution in [0.3, 0.4) is 0 Å². The second-order valence-electron chi connectivity index (χ2n) is 5.34. The number of hydrogen-bond acceptors (Lipinski definition) is 2. The van der Waals surface area contributed by atoms with Gasteiger partial charge in [0.2, 0.25) is 0 Å². The molecule has 0 aliphatic rings. The summed E-state index contributed by atoms with van der Waals surface area (Å²) in [5, 5.41) is 3.13. The molecule has 0 radical (unpaired) electrons. The predicted molar refractivity (Wildman–Crippen MR) is 85.2 cm³/mol. The molecule has 1 heterocycles. The lowest BCUT2D eigenvalue weighted by atomic mass is 10.0. The van der Waals surface area contributed by atoms with E-state index in [4.69, 9.17) is 0 Å². The van der Waals surface area contributed by atoms with Gasteiger partial charge in [-0.25, -0.2) is 4.98 Å². The molecule has 0 spiro atoms. The molecule has 0 saturated carbocycles. The van der Waals surface area contributed by atoms with Crippen LogP contribution in [0, 0.1) is 0 Å². The average molecular weight is 265 g/mol. The van der Waals surface area contributed by atoms with Gasteiger partial charge >= 0.3 is 0 Å². The summed E-state index contributed by atoms with van der Waals surface area (Å²) in [6, 6.07) is 14.8. The smallest absolute Gasteiger partial charge is 0.109 e. The number of nitrogens with zero attached hydrogens (tertiary/aromatic N) is 1. The number of aromatic amines is 1. The Morgan fingerprint density at radius 3 is 2.35 bits per heavy atom. The Bertz CT molecular complexity index is 724. The van der Waals surface area contributed by atoms with E-state index in [1.165, 1.54) is 11.1 Å². The first-order chi connectivity index (χ1) is 9.67. The standard InChI is InChI=1S/C17H19N3/c1-11(2)17-19-15-9-6-13(10-16(15)20-17)12-4-7-14(18-3)8-5-12/h4-11,18H,1-3H3,(H,19,20). The summed E-state index contributed by atoms with van der Waals surface area (Å²) in [5.41, 5.74) is 5.68. The van der Waals surface area contributed by atoms with Gasteiger partial charge in [0.1, 0.15) is 5.82 Å². The number of fused-ring (bicyclic) bond motifs is 1. The second-order valence-corrected chi connectivity index (χ2v) is 5.34. The molecule has 2 aromatic carbocycles. The van der Waals surface area contributed by atoms with E-state index in [9.17, 15) is 0 Å². The Hall–Kier alpha value is -2.29. The maximum absolute atomic E-state index is 4.61. The Morgan fingerprint density at radius 2 is 1.70 bits per heavy atom. The lowest BCUT2D eigenvalue weighted by molar-refractivity contribution is 0.799. The van der Waals surface area contributed by atoms with E-state index < -0.39 is 0 Å². The molecule has 0 aliphatic carbocycles. The van der Waals surface area contributed by atoms with E-state index in [1.807, 2.05) is 7.05 Å². The van der Waals surface area contributed by atoms with Gasteiger partial charge in [0.25, 0.3) is 0 Å². The highest BCUT2D eigenvalue weighted by Gasteiger charge is 2.07. The van der Waals surface area contributed by atoms with Crippen LogP contribution in [-0.4, -0.2) is 17.0 Å². The van der Waals surface area contributed by atoms with Crippen molar-refractivity contribution >= 4 is 16.7 Å². The summed E-state index contributed by atoms with van der Waals surface area (Å²) in [6.45, 7) is 4.30. The summed E-state index contributed by atoms with van der Waals surface area (Å²) in [7, 11) is 1.93. The van der Waals surface area contributed by atoms with Gasteiger partial charge in [0.05, 0.1) is 11.0 Å². The van der Waals surface area contributed by atoms with Crippen molar-refractivity contribution in [2.45, 2.75) is 19.8 Å². The molecule has 20 heavy (non-hydrogen) atoms. The van der Waals surface area contributed by atoms with E-state index in [-0.39, 0.29) is 0 Å². The van der Waals surface area contributed by atoms with Gasteiger partial charge in [-0.2, -0.15) is 0 Å². The maximum Gasteiger partial charge on any atom is 0.109 e. The van der Waals surface area contributed by atoms with E-state index in [0.29, 0.717) is 5.92 Å². The molecule has 0 fully saturated rings. The molecule has 3 heteroatoms. The number of aromatic nitrogens is 2. The molecule has 102 valence electrons. The number of hydrogen-bond donors (Lipinski definition) is 2. The first-order valence-corrected chi connectivity index (χ1v) is 6.95. The molecule has 1 aromatic heterocycles. The number of H-pyrrole nitrogens is 1. The highest BCUT2D eigenvalue weighted by molar-refractivity contribution is 5.82. The summed E-state index contributed by atoms with van der Waals surface area (Å²) in [5.74, 6) is 1.46. The number of benzene rings is 2. The van der Waals surface area contributed by atoms with E-state index in [1.54, 1.807) is 0 Å². The number of imidazole rings is 1. The van der Waals surface area contributed by atoms with Crippen molar-refractivity contribution in [3.05, 3.63) is 48.3 Å². The fourth-order valence-corrected chi connectivity index (χ4v) is 2.31. The normalized spacial score (nSPS) is 11.2. The van der Waals surface area contributed by atoms with Crippen molar-refractivity contribution in [1.29, 1.82) is 0 Å². The fraction of sp³-hybridized carbons (Fsp3) is 0.235. The van der Waals surface area contributed by atoms with Gasteiger partial charge < -0.3 is 10.3 Å². The zero-order valence-electron chi connectivity index (χ0n) is 12.1. The molecule has 2 N–H and O–H groups in total. The van der Waals surface area contributed by atoms with Gasteiger partial charge in [-0.15, -0.1) is 0 Å². The molecule has 0 saturated heterocycles. The minimum Gasteiger partial charge on any atom is -0.388 e. The molecule has 3 rings (SSSR count). The summed E-state index contributed by atoms with van der Waals surface area (Å²) in [4.78, 5) is 8.01. The van der Waals surface area contributed by atoms with Crippen molar-refractivity contribution < 1.29 is 0 Å². The monoisotopic (exact) mass is 265 g/mol. The highest BCUT2D eigenvalue weighted by atomic mass is 14.9. The van der Waals surface area contributed by atoms with Crippen molar-refractivity contribution in [1.82, 2.24) is 9.97 Å². The van der Waals surface area contributed by atoms with Crippen LogP contribution in [0.2, 0.25) is 0 Å². The Kier molecular flexibility index (Phi) is 3.18. The van der Waals surface area contributed by atoms with E-state index in [2.05, 4.69) is 71.6 Å². The Morgan fingerprint density at radius 1 is 1.00 bits per heavy atom. The van der Waals surface area contributed by atoms with Crippen LogP contribution in [0.1, 0.15) is 25.6 Å². The Labute approximate surface area is 119 Å². The minimum absolute atomic E-state index is 0.417. The third-order valence-electron chi connectivity index (χ3n) is 3.55. The van der Waals surface area contributed by atoms with Crippen LogP contribution in [-0.2, 0) is 0 Å². The number of nitrogens with one attached hydrogen (secondary N) is 2. The van der Waals surface area contributed by atoms with Crippen molar-refractivity contribution in [3.63, 3.8) is 0 Å². The molecule has 3 nitrogen and oxygen atoms in total. The molecule has 0 unspecified atom stereocenters. The molecule has 0 atom stereocenters. The average Bonchev–Trinajstić information content (AvgIpc) is 2.90. The SMILES string of the molecule is CNc1ccc(-c2ccc3nc(C(C)C)[nH]c3c2)cc1. The molecule has 0 amide bonds. The maximum atomic E-state index is 4.61. The Balaban J connectivity index is 2.02. The van der Waals surface area contributed by atoms with Gasteiger partial charge in [0, 0.05) is 18.7 Å². The van der Waals surface area contributed by atoms with Crippen molar-refractivity contribution in [2.24, 2.45) is 0 Å².